The van der Waals surface area contributed by atoms with Crippen molar-refractivity contribution in [3.63, 3.8) is 0 Å². The first-order valence-corrected chi connectivity index (χ1v) is 3.80. The van der Waals surface area contributed by atoms with E-state index in [4.69, 9.17) is 11.0 Å². The zero-order valence-corrected chi connectivity index (χ0v) is 6.20. The lowest BCUT2D eigenvalue weighted by molar-refractivity contribution is 1.08. The molecule has 0 amide bonds. The second kappa shape index (κ2) is 2.62. The predicted octanol–water partition coefficient (Wildman–Crippen LogP) is 0.585. The van der Waals surface area contributed by atoms with Crippen LogP contribution in [0.15, 0.2) is 4.90 Å². The Balaban J connectivity index is 3.16. The number of thioether (sulfide) groups is 1. The number of nitrogen functional groups attached to an aromatic ring is 1. The average molecular weight is 154 g/mol. The highest BCUT2D eigenvalue weighted by molar-refractivity contribution is 7.98. The Bertz CT molecular complexity index is 272. The van der Waals surface area contributed by atoms with E-state index in [2.05, 4.69) is 10.2 Å². The number of nitrogens with two attached hydrogens (primary N) is 1. The van der Waals surface area contributed by atoms with Crippen molar-refractivity contribution in [2.45, 2.75) is 4.90 Å². The molecule has 5 heteroatoms. The maximum Gasteiger partial charge on any atom is 0.160 e. The summed E-state index contributed by atoms with van der Waals surface area (Å²) < 4.78 is 0. The van der Waals surface area contributed by atoms with E-state index in [0.717, 1.165) is 4.90 Å². The lowest BCUT2D eigenvalue weighted by Gasteiger charge is -1.88. The first-order valence-electron chi connectivity index (χ1n) is 2.57. The summed E-state index contributed by atoms with van der Waals surface area (Å²) in [4.78, 5) is 0.725. The number of nitrogens with one attached hydrogen (secondary N) is 1. The Kier molecular flexibility index (Phi) is 1.83. The molecule has 0 aliphatic heterocycles. The number of hydrogen-bond acceptors (Lipinski definition) is 4. The number of anilines is 1. The smallest absolute Gasteiger partial charge is 0.160 e. The fraction of sp³-hybridized carbons (Fsp3) is 0.200. The molecule has 1 rings (SSSR count). The lowest BCUT2D eigenvalue weighted by Crippen LogP contribution is -1.85. The van der Waals surface area contributed by atoms with Crippen molar-refractivity contribution in [2.24, 2.45) is 0 Å². The van der Waals surface area contributed by atoms with Crippen LogP contribution in [0.5, 0.6) is 0 Å². The van der Waals surface area contributed by atoms with Gasteiger partial charge in [-0.3, -0.25) is 5.10 Å². The van der Waals surface area contributed by atoms with E-state index in [0.29, 0.717) is 11.5 Å². The van der Waals surface area contributed by atoms with Crippen LogP contribution < -0.4 is 5.73 Å². The molecule has 1 aromatic heterocycles. The Morgan fingerprint density at radius 2 is 2.50 bits per heavy atom. The maximum absolute atomic E-state index is 8.47. The summed E-state index contributed by atoms with van der Waals surface area (Å²) in [5, 5.41) is 14.7. The van der Waals surface area contributed by atoms with E-state index >= 15 is 0 Å². The SMILES string of the molecule is CSc1c(N)n[nH]c1C#N. The fourth-order valence-corrected chi connectivity index (χ4v) is 1.18. The van der Waals surface area contributed by atoms with Gasteiger partial charge in [-0.05, 0) is 6.26 Å². The minimum absolute atomic E-state index is 0.393. The van der Waals surface area contributed by atoms with Crippen LogP contribution in [-0.2, 0) is 0 Å². The fourth-order valence-electron chi connectivity index (χ4n) is 0.628. The molecule has 0 unspecified atom stereocenters. The van der Waals surface area contributed by atoms with Gasteiger partial charge in [0.15, 0.2) is 11.5 Å². The first-order chi connectivity index (χ1) is 4.79. The highest BCUT2D eigenvalue weighted by Crippen LogP contribution is 2.23. The number of aromatic nitrogens is 2. The summed E-state index contributed by atoms with van der Waals surface area (Å²) in [5.41, 5.74) is 5.85. The highest BCUT2D eigenvalue weighted by atomic mass is 32.2. The van der Waals surface area contributed by atoms with Crippen molar-refractivity contribution in [2.75, 3.05) is 12.0 Å². The van der Waals surface area contributed by atoms with Crippen LogP contribution in [-0.4, -0.2) is 16.5 Å². The van der Waals surface area contributed by atoms with Crippen LogP contribution in [0.2, 0.25) is 0 Å². The van der Waals surface area contributed by atoms with Gasteiger partial charge in [0, 0.05) is 0 Å². The molecule has 3 N–H and O–H groups in total. The summed E-state index contributed by atoms with van der Waals surface area (Å²) in [6, 6.07) is 1.95. The van der Waals surface area contributed by atoms with E-state index in [1.807, 2.05) is 12.3 Å². The molecule has 52 valence electrons. The summed E-state index contributed by atoms with van der Waals surface area (Å²) in [7, 11) is 0. The Hall–Kier alpha value is -1.15. The Labute approximate surface area is 62.4 Å². The van der Waals surface area contributed by atoms with E-state index in [-0.39, 0.29) is 0 Å². The molecule has 1 heterocycles. The Morgan fingerprint density at radius 1 is 1.80 bits per heavy atom. The topological polar surface area (TPSA) is 78.5 Å². The average Bonchev–Trinajstić information content (AvgIpc) is 2.30. The first kappa shape index (κ1) is 6.96. The van der Waals surface area contributed by atoms with Gasteiger partial charge < -0.3 is 5.73 Å². The van der Waals surface area contributed by atoms with Gasteiger partial charge in [-0.15, -0.1) is 11.8 Å². The van der Waals surface area contributed by atoms with Crippen molar-refractivity contribution < 1.29 is 0 Å². The van der Waals surface area contributed by atoms with Crippen LogP contribution >= 0.6 is 11.8 Å². The maximum atomic E-state index is 8.47. The number of aromatic amines is 1. The standard InChI is InChI=1S/C5H6N4S/c1-10-4-3(2-6)8-9-5(4)7/h1H3,(H3,7,8,9). The molecule has 0 spiro atoms. The van der Waals surface area contributed by atoms with Crippen LogP contribution in [0.3, 0.4) is 0 Å². The third kappa shape index (κ3) is 0.933. The molecule has 0 fully saturated rings. The highest BCUT2D eigenvalue weighted by Gasteiger charge is 2.07. The van der Waals surface area contributed by atoms with Crippen LogP contribution in [0.1, 0.15) is 5.69 Å². The third-order valence-electron chi connectivity index (χ3n) is 1.06. The van der Waals surface area contributed by atoms with E-state index < -0.39 is 0 Å². The predicted molar refractivity (Wildman–Crippen MR) is 39.5 cm³/mol. The molecule has 0 saturated heterocycles. The molecular formula is C5H6N4S. The van der Waals surface area contributed by atoms with Crippen molar-refractivity contribution in [3.05, 3.63) is 5.69 Å². The van der Waals surface area contributed by atoms with Crippen molar-refractivity contribution in [1.29, 1.82) is 5.26 Å². The van der Waals surface area contributed by atoms with Crippen molar-refractivity contribution in [3.8, 4) is 6.07 Å². The molecule has 0 aliphatic carbocycles. The van der Waals surface area contributed by atoms with E-state index in [9.17, 15) is 0 Å². The zero-order chi connectivity index (χ0) is 7.56. The van der Waals surface area contributed by atoms with Crippen LogP contribution in [0, 0.1) is 11.3 Å². The van der Waals surface area contributed by atoms with Gasteiger partial charge in [0.1, 0.15) is 6.07 Å². The van der Waals surface area contributed by atoms with Crippen molar-refractivity contribution >= 4 is 17.6 Å². The summed E-state index contributed by atoms with van der Waals surface area (Å²) in [6.45, 7) is 0. The van der Waals surface area contributed by atoms with Crippen LogP contribution in [0.4, 0.5) is 5.82 Å². The van der Waals surface area contributed by atoms with Gasteiger partial charge >= 0.3 is 0 Å². The number of nitrogens with zero attached hydrogens (tertiary/aromatic N) is 2. The van der Waals surface area contributed by atoms with Gasteiger partial charge in [0.05, 0.1) is 4.90 Å². The normalized spacial score (nSPS) is 9.20. The quantitative estimate of drug-likeness (QED) is 0.580. The number of H-pyrrole nitrogens is 1. The number of rotatable bonds is 1. The minimum Gasteiger partial charge on any atom is -0.381 e. The minimum atomic E-state index is 0.393. The molecule has 0 saturated carbocycles. The number of hydrogen-bond donors (Lipinski definition) is 2. The molecule has 0 aliphatic rings. The molecule has 0 radical (unpaired) electrons. The van der Waals surface area contributed by atoms with Gasteiger partial charge in [0.25, 0.3) is 0 Å². The molecule has 4 nitrogen and oxygen atoms in total. The largest absolute Gasteiger partial charge is 0.381 e. The molecular weight excluding hydrogens is 148 g/mol. The monoisotopic (exact) mass is 154 g/mol. The molecule has 0 bridgehead atoms. The van der Waals surface area contributed by atoms with Gasteiger partial charge in [0.2, 0.25) is 0 Å². The lowest BCUT2D eigenvalue weighted by atomic mass is 10.5. The molecule has 10 heavy (non-hydrogen) atoms. The summed E-state index contributed by atoms with van der Waals surface area (Å²) in [5.74, 6) is 0.393. The Morgan fingerprint density at radius 3 is 2.90 bits per heavy atom. The van der Waals surface area contributed by atoms with Crippen molar-refractivity contribution in [1.82, 2.24) is 10.2 Å². The van der Waals surface area contributed by atoms with Gasteiger partial charge in [-0.2, -0.15) is 10.4 Å². The van der Waals surface area contributed by atoms with E-state index in [1.165, 1.54) is 11.8 Å². The number of nitriles is 1. The third-order valence-corrected chi connectivity index (χ3v) is 1.89. The zero-order valence-electron chi connectivity index (χ0n) is 5.38. The van der Waals surface area contributed by atoms with E-state index in [1.54, 1.807) is 0 Å². The second-order valence-corrected chi connectivity index (χ2v) is 2.45. The van der Waals surface area contributed by atoms with Crippen LogP contribution in [0.25, 0.3) is 0 Å². The van der Waals surface area contributed by atoms with Gasteiger partial charge in [-0.25, -0.2) is 0 Å². The van der Waals surface area contributed by atoms with Gasteiger partial charge in [-0.1, -0.05) is 0 Å². The summed E-state index contributed by atoms with van der Waals surface area (Å²) >= 11 is 1.41. The summed E-state index contributed by atoms with van der Waals surface area (Å²) in [6.07, 6.45) is 1.85. The molecule has 0 aromatic carbocycles. The second-order valence-electron chi connectivity index (χ2n) is 1.63. The molecule has 1 aromatic rings. The molecule has 0 atom stereocenters.